The monoisotopic (exact) mass is 93.0 g/mol. The highest BCUT2D eigenvalue weighted by atomic mass is 16.4. The van der Waals surface area contributed by atoms with E-state index >= 15 is 0 Å². The summed E-state index contributed by atoms with van der Waals surface area (Å²) in [4.78, 5) is 0. The van der Waals surface area contributed by atoms with E-state index < -0.39 is 0 Å². The summed E-state index contributed by atoms with van der Waals surface area (Å²) in [5.74, 6) is 0. The second-order valence-electron chi connectivity index (χ2n) is 0.865. The molecule has 0 rings (SSSR count). The second kappa shape index (κ2) is 5.25. The minimum Gasteiger partial charge on any atom is -0.444 e. The molecule has 0 bridgehead atoms. The molecule has 0 saturated carbocycles. The molecular formula is C4H4BNO. The third kappa shape index (κ3) is 5.25. The van der Waals surface area contributed by atoms with Crippen molar-refractivity contribution in [3.63, 3.8) is 0 Å². The molecule has 2 nitrogen and oxygen atoms in total. The Balaban J connectivity index is 2.97. The number of nitrogens with zero attached hydrogens (tertiary/aromatic N) is 1. The molecule has 0 unspecified atom stereocenters. The van der Waals surface area contributed by atoms with E-state index in [1.165, 1.54) is 12.2 Å². The molecule has 0 aromatic heterocycles. The van der Waals surface area contributed by atoms with Gasteiger partial charge in [-0.3, -0.25) is 0 Å². The van der Waals surface area contributed by atoms with Gasteiger partial charge in [0.1, 0.15) is 0 Å². The standard InChI is InChI=1S/C4H4BNO/c5-7-4-2-1-3-6/h1-2H,4H2/b2-1+. The lowest BCUT2D eigenvalue weighted by Gasteiger charge is -1.81. The van der Waals surface area contributed by atoms with Crippen LogP contribution in [-0.2, 0) is 4.65 Å². The maximum atomic E-state index is 7.86. The lowest BCUT2D eigenvalue weighted by atomic mass is 10.5. The first-order chi connectivity index (χ1) is 3.41. The lowest BCUT2D eigenvalue weighted by molar-refractivity contribution is 0.401. The molecule has 0 fully saturated rings. The van der Waals surface area contributed by atoms with Gasteiger partial charge in [0.15, 0.2) is 0 Å². The predicted octanol–water partition coefficient (Wildman–Crippen LogP) is 0.166. The van der Waals surface area contributed by atoms with Crippen molar-refractivity contribution in [2.45, 2.75) is 0 Å². The van der Waals surface area contributed by atoms with E-state index in [1.807, 2.05) is 0 Å². The number of nitriles is 1. The molecule has 0 N–H and O–H groups in total. The summed E-state index contributed by atoms with van der Waals surface area (Å²) in [7, 11) is 4.61. The van der Waals surface area contributed by atoms with Crippen molar-refractivity contribution in [1.29, 1.82) is 5.26 Å². The van der Waals surface area contributed by atoms with E-state index in [0.717, 1.165) is 0 Å². The zero-order valence-electron chi connectivity index (χ0n) is 3.79. The highest BCUT2D eigenvalue weighted by Crippen LogP contribution is 1.68. The van der Waals surface area contributed by atoms with Crippen molar-refractivity contribution in [3.05, 3.63) is 12.2 Å². The van der Waals surface area contributed by atoms with Crippen molar-refractivity contribution >= 4 is 8.05 Å². The van der Waals surface area contributed by atoms with Gasteiger partial charge in [-0.15, -0.1) is 0 Å². The van der Waals surface area contributed by atoms with E-state index in [9.17, 15) is 0 Å². The first-order valence-corrected chi connectivity index (χ1v) is 1.78. The Labute approximate surface area is 43.8 Å². The number of allylic oxidation sites excluding steroid dienone is 1. The zero-order chi connectivity index (χ0) is 5.54. The van der Waals surface area contributed by atoms with Gasteiger partial charge in [-0.05, 0) is 0 Å². The summed E-state index contributed by atoms with van der Waals surface area (Å²) in [6, 6.07) is 1.79. The molecule has 0 heterocycles. The molecule has 2 radical (unpaired) electrons. The summed E-state index contributed by atoms with van der Waals surface area (Å²) in [5, 5.41) is 7.86. The zero-order valence-corrected chi connectivity index (χ0v) is 3.79. The molecule has 0 amide bonds. The Morgan fingerprint density at radius 2 is 2.57 bits per heavy atom. The highest BCUT2D eigenvalue weighted by Gasteiger charge is 1.65. The number of hydrogen-bond donors (Lipinski definition) is 0. The van der Waals surface area contributed by atoms with Crippen LogP contribution in [0, 0.1) is 11.3 Å². The van der Waals surface area contributed by atoms with Crippen LogP contribution in [0.2, 0.25) is 0 Å². The van der Waals surface area contributed by atoms with Gasteiger partial charge in [0.05, 0.1) is 6.07 Å². The quantitative estimate of drug-likeness (QED) is 0.360. The Morgan fingerprint density at radius 3 is 3.00 bits per heavy atom. The molecule has 0 saturated heterocycles. The molecule has 0 aliphatic rings. The van der Waals surface area contributed by atoms with Crippen LogP contribution in [0.5, 0.6) is 0 Å². The topological polar surface area (TPSA) is 33.0 Å². The molecule has 0 aromatic rings. The van der Waals surface area contributed by atoms with Crippen molar-refractivity contribution < 1.29 is 4.65 Å². The largest absolute Gasteiger partial charge is 0.444 e. The Bertz CT molecular complexity index is 94.4. The molecule has 7 heavy (non-hydrogen) atoms. The van der Waals surface area contributed by atoms with Gasteiger partial charge in [-0.2, -0.15) is 5.26 Å². The van der Waals surface area contributed by atoms with Gasteiger partial charge in [-0.1, -0.05) is 6.08 Å². The van der Waals surface area contributed by atoms with Crippen LogP contribution in [0.25, 0.3) is 0 Å². The fraction of sp³-hybridized carbons (Fsp3) is 0.250. The summed E-state index contributed by atoms with van der Waals surface area (Å²) in [6.45, 7) is 0.299. The van der Waals surface area contributed by atoms with Crippen LogP contribution in [0.4, 0.5) is 0 Å². The predicted molar refractivity (Wildman–Crippen MR) is 26.5 cm³/mol. The third-order valence-corrected chi connectivity index (χ3v) is 0.385. The van der Waals surface area contributed by atoms with Gasteiger partial charge >= 0.3 is 0 Å². The molecule has 3 heteroatoms. The van der Waals surface area contributed by atoms with E-state index in [0.29, 0.717) is 6.61 Å². The van der Waals surface area contributed by atoms with Crippen LogP contribution < -0.4 is 0 Å². The Morgan fingerprint density at radius 1 is 1.86 bits per heavy atom. The van der Waals surface area contributed by atoms with Gasteiger partial charge < -0.3 is 4.65 Å². The third-order valence-electron chi connectivity index (χ3n) is 0.385. The van der Waals surface area contributed by atoms with Gasteiger partial charge in [0, 0.05) is 12.7 Å². The molecule has 0 aromatic carbocycles. The van der Waals surface area contributed by atoms with Crippen molar-refractivity contribution in [2.75, 3.05) is 6.61 Å². The summed E-state index contributed by atoms with van der Waals surface area (Å²) < 4.78 is 4.11. The first kappa shape index (κ1) is 6.25. The van der Waals surface area contributed by atoms with E-state index in [4.69, 9.17) is 5.26 Å². The van der Waals surface area contributed by atoms with Crippen LogP contribution in [0.1, 0.15) is 0 Å². The SMILES string of the molecule is [B]OC/C=C/C#N. The molecule has 34 valence electrons. The number of rotatable bonds is 2. The molecule has 0 atom stereocenters. The van der Waals surface area contributed by atoms with E-state index in [-0.39, 0.29) is 0 Å². The van der Waals surface area contributed by atoms with Crippen molar-refractivity contribution in [1.82, 2.24) is 0 Å². The van der Waals surface area contributed by atoms with Crippen LogP contribution in [0.3, 0.4) is 0 Å². The maximum absolute atomic E-state index is 7.86. The lowest BCUT2D eigenvalue weighted by Crippen LogP contribution is -1.80. The Hall–Kier alpha value is -0.745. The fourth-order valence-corrected chi connectivity index (χ4v) is 0.156. The van der Waals surface area contributed by atoms with E-state index in [1.54, 1.807) is 6.07 Å². The minimum absolute atomic E-state index is 0.299. The van der Waals surface area contributed by atoms with Crippen molar-refractivity contribution in [3.8, 4) is 6.07 Å². The summed E-state index contributed by atoms with van der Waals surface area (Å²) in [5.41, 5.74) is 0. The number of hydrogen-bond acceptors (Lipinski definition) is 2. The van der Waals surface area contributed by atoms with Crippen LogP contribution in [0.15, 0.2) is 12.2 Å². The van der Waals surface area contributed by atoms with Crippen molar-refractivity contribution in [2.24, 2.45) is 0 Å². The molecular weight excluding hydrogens is 88.9 g/mol. The summed E-state index contributed by atoms with van der Waals surface area (Å²) >= 11 is 0. The highest BCUT2D eigenvalue weighted by molar-refractivity contribution is 5.98. The average molecular weight is 92.9 g/mol. The normalized spacial score (nSPS) is 9.00. The fourth-order valence-electron chi connectivity index (χ4n) is 0.156. The van der Waals surface area contributed by atoms with Gasteiger partial charge in [-0.25, -0.2) is 0 Å². The minimum atomic E-state index is 0.299. The Kier molecular flexibility index (Phi) is 4.70. The molecule has 0 aliphatic carbocycles. The van der Waals surface area contributed by atoms with Gasteiger partial charge in [0.2, 0.25) is 0 Å². The van der Waals surface area contributed by atoms with Gasteiger partial charge in [0.25, 0.3) is 8.05 Å². The maximum Gasteiger partial charge on any atom is 0.283 e. The smallest absolute Gasteiger partial charge is 0.283 e. The molecule has 0 spiro atoms. The second-order valence-corrected chi connectivity index (χ2v) is 0.865. The first-order valence-electron chi connectivity index (χ1n) is 1.78. The summed E-state index contributed by atoms with van der Waals surface area (Å²) in [6.07, 6.45) is 2.84. The van der Waals surface area contributed by atoms with Crippen LogP contribution in [-0.4, -0.2) is 14.7 Å². The molecule has 0 aliphatic heterocycles. The average Bonchev–Trinajstić information content (AvgIpc) is 1.69. The van der Waals surface area contributed by atoms with E-state index in [2.05, 4.69) is 12.7 Å². The van der Waals surface area contributed by atoms with Crippen LogP contribution >= 0.6 is 0 Å².